The fourth-order valence-electron chi connectivity index (χ4n) is 2.46. The van der Waals surface area contributed by atoms with Crippen molar-refractivity contribution in [1.29, 1.82) is 0 Å². The van der Waals surface area contributed by atoms with Crippen LogP contribution < -0.4 is 9.83 Å². The van der Waals surface area contributed by atoms with E-state index in [0.717, 1.165) is 0 Å². The van der Waals surface area contributed by atoms with Crippen LogP contribution in [0, 0.1) is 0 Å². The van der Waals surface area contributed by atoms with Crippen molar-refractivity contribution in [3.63, 3.8) is 0 Å². The Morgan fingerprint density at radius 1 is 0.865 bits per heavy atom. The Labute approximate surface area is 199 Å². The number of carbonyl (C=O) groups is 1. The van der Waals surface area contributed by atoms with Gasteiger partial charge in [0.1, 0.15) is 6.54 Å². The minimum absolute atomic E-state index is 0.0728. The highest BCUT2D eigenvalue weighted by Gasteiger charge is 2.80. The Balaban J connectivity index is 5.69. The highest BCUT2D eigenvalue weighted by atomic mass is 32.2. The second-order valence-corrected chi connectivity index (χ2v) is 9.92. The molecule has 0 saturated heterocycles. The van der Waals surface area contributed by atoms with Crippen LogP contribution in [0.3, 0.4) is 0 Å². The smallest absolute Gasteiger partial charge is 0.525 e. The number of hydrogen-bond donors (Lipinski definition) is 1. The molecule has 37 heavy (non-hydrogen) atoms. The molecule has 0 heterocycles. The van der Waals surface area contributed by atoms with E-state index in [1.54, 1.807) is 9.46 Å². The average molecular weight is 602 g/mol. The maximum absolute atomic E-state index is 14.3. The van der Waals surface area contributed by atoms with Crippen molar-refractivity contribution in [3.05, 3.63) is 0 Å². The highest BCUT2D eigenvalue weighted by Crippen LogP contribution is 2.53. The molecule has 0 aliphatic rings. The molecule has 0 aliphatic heterocycles. The number of nitrogens with zero attached hydrogens (tertiary/aromatic N) is 1. The summed E-state index contributed by atoms with van der Waals surface area (Å²) in [6, 6.07) is 0. The average Bonchev–Trinajstić information content (AvgIpc) is 2.59. The summed E-state index contributed by atoms with van der Waals surface area (Å²) in [6.07, 6.45) is -31.5. The number of rotatable bonds is 14. The lowest BCUT2D eigenvalue weighted by Crippen LogP contribution is -2.64. The number of quaternary nitrogens is 1. The first-order valence-corrected chi connectivity index (χ1v) is 11.0. The van der Waals surface area contributed by atoms with Gasteiger partial charge in [0, 0.05) is 19.4 Å². The van der Waals surface area contributed by atoms with Gasteiger partial charge in [0.15, 0.2) is 0 Å². The third kappa shape index (κ3) is 10.6. The largest absolute Gasteiger partial charge is 0.544 e. The summed E-state index contributed by atoms with van der Waals surface area (Å²) in [5.41, 5.74) is 0. The number of alkyl halides is 13. The molecule has 0 spiro atoms. The Hall–Kier alpha value is -1.65. The van der Waals surface area contributed by atoms with Gasteiger partial charge in [-0.05, 0) is 0 Å². The number of nitrogens with one attached hydrogen (secondary N) is 1. The molecule has 1 N–H and O–H groups in total. The van der Waals surface area contributed by atoms with Crippen LogP contribution in [0.2, 0.25) is 0 Å². The van der Waals surface area contributed by atoms with E-state index in [4.69, 9.17) is 0 Å². The molecule has 0 rings (SSSR count). The van der Waals surface area contributed by atoms with Crippen molar-refractivity contribution in [2.24, 2.45) is 0 Å². The molecule has 0 saturated carbocycles. The molecule has 22 heteroatoms. The lowest BCUT2D eigenvalue weighted by molar-refractivity contribution is -0.884. The summed E-state index contributed by atoms with van der Waals surface area (Å²) in [5.74, 6) is -17.1. The van der Waals surface area contributed by atoms with Crippen LogP contribution in [0.4, 0.5) is 57.1 Å². The maximum Gasteiger partial charge on any atom is 0.525 e. The van der Waals surface area contributed by atoms with E-state index in [1.165, 1.54) is 14.1 Å². The zero-order valence-corrected chi connectivity index (χ0v) is 19.3. The molecule has 0 aromatic rings. The minimum Gasteiger partial charge on any atom is -0.544 e. The van der Waals surface area contributed by atoms with Crippen molar-refractivity contribution in [1.82, 2.24) is 4.72 Å². The number of carboxylic acid groups (broad SMARTS) is 1. The first-order chi connectivity index (χ1) is 16.0. The van der Waals surface area contributed by atoms with Crippen LogP contribution >= 0.6 is 0 Å². The molecule has 0 fully saturated rings. The van der Waals surface area contributed by atoms with E-state index in [-0.39, 0.29) is 17.4 Å². The number of sulfonamides is 1. The summed E-state index contributed by atoms with van der Waals surface area (Å²) in [6.45, 7) is -1.25. The van der Waals surface area contributed by atoms with Gasteiger partial charge in [0.2, 0.25) is 10.0 Å². The first-order valence-electron chi connectivity index (χ1n) is 9.35. The predicted molar refractivity (Wildman–Crippen MR) is 90.8 cm³/mol. The van der Waals surface area contributed by atoms with Crippen molar-refractivity contribution in [2.45, 2.75) is 49.4 Å². The molecule has 2 unspecified atom stereocenters. The first kappa shape index (κ1) is 35.4. The number of carbonyl (C=O) groups excluding carboxylic acids is 1. The van der Waals surface area contributed by atoms with Crippen molar-refractivity contribution in [2.75, 3.05) is 39.5 Å². The molecule has 0 aromatic carbocycles. The van der Waals surface area contributed by atoms with E-state index in [0.29, 0.717) is 0 Å². The molecule has 0 aromatic heterocycles. The number of likely N-dealkylation sites (N-methyl/N-ethyl adjacent to an activating group) is 1. The van der Waals surface area contributed by atoms with E-state index in [2.05, 4.69) is 4.74 Å². The number of ether oxygens (including phenoxy) is 2. The predicted octanol–water partition coefficient (Wildman–Crippen LogP) is 2.11. The molecule has 2 atom stereocenters. The molecule has 222 valence electrons. The van der Waals surface area contributed by atoms with Gasteiger partial charge in [-0.15, -0.1) is 13.2 Å². The topological polar surface area (TPSA) is 105 Å². The van der Waals surface area contributed by atoms with Crippen molar-refractivity contribution >= 4 is 16.0 Å². The van der Waals surface area contributed by atoms with E-state index >= 15 is 0 Å². The standard InChI is InChI=1S/C15H19F13N2O6S/c1-30(2,8-9(31)32)6-3-5-29-37(33,34)7-4-10(16,12(18,19)20)35-14(24,25)11(17,13(21,22)23)36-15(26,27)28/h29H,3-8H2,1-2H3. The Kier molecular flexibility index (Phi) is 10.7. The van der Waals surface area contributed by atoms with Crippen LogP contribution in [-0.4, -0.2) is 94.9 Å². The third-order valence-electron chi connectivity index (χ3n) is 4.22. The Morgan fingerprint density at radius 2 is 1.35 bits per heavy atom. The van der Waals surface area contributed by atoms with Gasteiger partial charge >= 0.3 is 36.5 Å². The summed E-state index contributed by atoms with van der Waals surface area (Å²) >= 11 is 0. The second-order valence-electron chi connectivity index (χ2n) is 7.99. The number of halogens is 13. The number of aliphatic carboxylic acids is 1. The molecule has 0 radical (unpaired) electrons. The van der Waals surface area contributed by atoms with Crippen LogP contribution in [0.1, 0.15) is 12.8 Å². The van der Waals surface area contributed by atoms with Gasteiger partial charge in [0.25, 0.3) is 0 Å². The summed E-state index contributed by atoms with van der Waals surface area (Å²) in [4.78, 5) is 10.6. The SMILES string of the molecule is C[N+](C)(CCCNS(=O)(=O)CCC(F)(OC(F)(F)C(F)(OC(F)(F)F)C(F)(F)F)C(F)(F)F)CC(=O)[O-]. The highest BCUT2D eigenvalue weighted by molar-refractivity contribution is 7.89. The Morgan fingerprint density at radius 3 is 1.73 bits per heavy atom. The zero-order chi connectivity index (χ0) is 29.9. The second kappa shape index (κ2) is 11.2. The molecular weight excluding hydrogens is 583 g/mol. The number of hydrogen-bond acceptors (Lipinski definition) is 6. The van der Waals surface area contributed by atoms with Crippen LogP contribution in [-0.2, 0) is 24.3 Å². The molecule has 0 bridgehead atoms. The molecule has 0 amide bonds. The van der Waals surface area contributed by atoms with Gasteiger partial charge in [-0.1, -0.05) is 0 Å². The fraction of sp³-hybridized carbons (Fsp3) is 0.933. The van der Waals surface area contributed by atoms with Gasteiger partial charge in [-0.3, -0.25) is 4.74 Å². The fourth-order valence-corrected chi connectivity index (χ4v) is 3.59. The van der Waals surface area contributed by atoms with E-state index < -0.39 is 77.8 Å². The summed E-state index contributed by atoms with van der Waals surface area (Å²) < 4.78 is 197. The molecule has 0 aliphatic carbocycles. The van der Waals surface area contributed by atoms with Crippen LogP contribution in [0.15, 0.2) is 0 Å². The van der Waals surface area contributed by atoms with Crippen LogP contribution in [0.5, 0.6) is 0 Å². The lowest BCUT2D eigenvalue weighted by atomic mass is 10.2. The lowest BCUT2D eigenvalue weighted by Gasteiger charge is -2.38. The van der Waals surface area contributed by atoms with E-state index in [1.807, 2.05) is 0 Å². The maximum atomic E-state index is 14.3. The zero-order valence-electron chi connectivity index (χ0n) is 18.5. The van der Waals surface area contributed by atoms with Crippen molar-refractivity contribution < 1.29 is 89.4 Å². The van der Waals surface area contributed by atoms with Gasteiger partial charge in [-0.25, -0.2) is 22.3 Å². The van der Waals surface area contributed by atoms with Crippen molar-refractivity contribution in [3.8, 4) is 0 Å². The quantitative estimate of drug-likeness (QED) is 0.186. The monoisotopic (exact) mass is 602 g/mol. The third-order valence-corrected chi connectivity index (χ3v) is 5.61. The normalized spacial score (nSPS) is 17.8. The van der Waals surface area contributed by atoms with E-state index in [9.17, 15) is 75.4 Å². The number of carboxylic acids is 1. The minimum atomic E-state index is -7.44. The van der Waals surface area contributed by atoms with Gasteiger partial charge in [0.05, 0.1) is 32.4 Å². The van der Waals surface area contributed by atoms with Gasteiger partial charge < -0.3 is 14.4 Å². The Bertz CT molecular complexity index is 890. The molecule has 8 nitrogen and oxygen atoms in total. The summed E-state index contributed by atoms with van der Waals surface area (Å²) in [7, 11) is -2.33. The van der Waals surface area contributed by atoms with Gasteiger partial charge in [-0.2, -0.15) is 39.5 Å². The van der Waals surface area contributed by atoms with Crippen LogP contribution in [0.25, 0.3) is 0 Å². The molecular formula is C15H19F13N2O6S. The summed E-state index contributed by atoms with van der Waals surface area (Å²) in [5, 5.41) is 10.6.